The van der Waals surface area contributed by atoms with Crippen LogP contribution in [0, 0.1) is 0 Å². The second-order valence-corrected chi connectivity index (χ2v) is 4.25. The molecule has 0 aliphatic carbocycles. The van der Waals surface area contributed by atoms with E-state index in [1.54, 1.807) is 6.07 Å². The SMILES string of the molecule is CCn1c([O-])c(C(=O)C(F)(F)F)c(-[n+]2ccccc2)nc1=O. The molecule has 0 saturated carbocycles. The van der Waals surface area contributed by atoms with E-state index in [-0.39, 0.29) is 6.54 Å². The minimum absolute atomic E-state index is 0.192. The molecule has 22 heavy (non-hydrogen) atoms. The first kappa shape index (κ1) is 15.7. The van der Waals surface area contributed by atoms with Crippen molar-refractivity contribution < 1.29 is 27.6 Å². The summed E-state index contributed by atoms with van der Waals surface area (Å²) in [7, 11) is 0. The topological polar surface area (TPSA) is 78.9 Å². The number of halogens is 3. The van der Waals surface area contributed by atoms with Crippen LogP contribution in [-0.2, 0) is 6.54 Å². The van der Waals surface area contributed by atoms with E-state index in [4.69, 9.17) is 0 Å². The molecule has 6 nitrogen and oxygen atoms in total. The van der Waals surface area contributed by atoms with E-state index in [2.05, 4.69) is 4.98 Å². The van der Waals surface area contributed by atoms with Gasteiger partial charge >= 0.3 is 17.7 Å². The van der Waals surface area contributed by atoms with Crippen molar-refractivity contribution in [2.45, 2.75) is 19.6 Å². The Labute approximate surface area is 122 Å². The lowest BCUT2D eigenvalue weighted by atomic mass is 10.1. The summed E-state index contributed by atoms with van der Waals surface area (Å²) in [5, 5.41) is 12.1. The average Bonchev–Trinajstić information content (AvgIpc) is 2.46. The first-order valence-electron chi connectivity index (χ1n) is 6.17. The number of hydrogen-bond donors (Lipinski definition) is 0. The molecule has 0 bridgehead atoms. The Bertz CT molecular complexity index is 770. The van der Waals surface area contributed by atoms with Crippen LogP contribution in [-0.4, -0.2) is 21.5 Å². The minimum atomic E-state index is -5.25. The van der Waals surface area contributed by atoms with Gasteiger partial charge < -0.3 is 5.11 Å². The van der Waals surface area contributed by atoms with E-state index < -0.39 is 34.9 Å². The molecule has 2 rings (SSSR count). The van der Waals surface area contributed by atoms with Crippen LogP contribution in [0.25, 0.3) is 5.82 Å². The maximum Gasteiger partial charge on any atom is 0.456 e. The lowest BCUT2D eigenvalue weighted by Gasteiger charge is -2.17. The van der Waals surface area contributed by atoms with Gasteiger partial charge in [0.15, 0.2) is 0 Å². The van der Waals surface area contributed by atoms with Gasteiger partial charge in [0, 0.05) is 11.5 Å². The number of carbonyl (C=O) groups excluding carboxylic acids is 1. The summed E-state index contributed by atoms with van der Waals surface area (Å²) in [6.45, 7) is 1.20. The predicted octanol–water partition coefficient (Wildman–Crippen LogP) is 0.358. The van der Waals surface area contributed by atoms with Crippen LogP contribution in [0.15, 0.2) is 35.4 Å². The van der Waals surface area contributed by atoms with Gasteiger partial charge in [0.05, 0.1) is 12.4 Å². The lowest BCUT2D eigenvalue weighted by Crippen LogP contribution is -2.41. The summed E-state index contributed by atoms with van der Waals surface area (Å²) < 4.78 is 39.7. The van der Waals surface area contributed by atoms with E-state index in [0.29, 0.717) is 4.57 Å². The van der Waals surface area contributed by atoms with Gasteiger partial charge in [-0.25, -0.2) is 9.36 Å². The van der Waals surface area contributed by atoms with Crippen LogP contribution < -0.4 is 15.4 Å². The highest BCUT2D eigenvalue weighted by Gasteiger charge is 2.44. The van der Waals surface area contributed by atoms with Gasteiger partial charge in [0.1, 0.15) is 5.56 Å². The molecule has 0 aliphatic rings. The van der Waals surface area contributed by atoms with Crippen molar-refractivity contribution in [1.82, 2.24) is 9.55 Å². The Balaban J connectivity index is 2.84. The first-order valence-corrected chi connectivity index (χ1v) is 6.17. The molecule has 0 saturated heterocycles. The van der Waals surface area contributed by atoms with E-state index >= 15 is 0 Å². The third-order valence-corrected chi connectivity index (χ3v) is 2.88. The molecule has 0 unspecified atom stereocenters. The Morgan fingerprint density at radius 1 is 1.32 bits per heavy atom. The first-order chi connectivity index (χ1) is 10.3. The van der Waals surface area contributed by atoms with Gasteiger partial charge in [-0.1, -0.05) is 6.07 Å². The third kappa shape index (κ3) is 2.69. The number of pyridine rings is 1. The molecule has 2 aromatic heterocycles. The number of nitrogens with zero attached hydrogens (tertiary/aromatic N) is 3. The second kappa shape index (κ2) is 5.58. The zero-order chi connectivity index (χ0) is 16.5. The van der Waals surface area contributed by atoms with Crippen molar-refractivity contribution in [1.29, 1.82) is 0 Å². The van der Waals surface area contributed by atoms with E-state index in [1.807, 2.05) is 0 Å². The Morgan fingerprint density at radius 3 is 2.41 bits per heavy atom. The highest BCUT2D eigenvalue weighted by Crippen LogP contribution is 2.26. The van der Waals surface area contributed by atoms with E-state index in [9.17, 15) is 27.9 Å². The zero-order valence-corrected chi connectivity index (χ0v) is 11.3. The fraction of sp³-hybridized carbons (Fsp3) is 0.231. The number of alkyl halides is 3. The third-order valence-electron chi connectivity index (χ3n) is 2.88. The van der Waals surface area contributed by atoms with Crippen molar-refractivity contribution in [2.75, 3.05) is 0 Å². The fourth-order valence-electron chi connectivity index (χ4n) is 1.87. The molecule has 9 heteroatoms. The van der Waals surface area contributed by atoms with Crippen LogP contribution in [0.1, 0.15) is 17.3 Å². The highest BCUT2D eigenvalue weighted by molar-refractivity contribution is 6.03. The molecule has 0 N–H and O–H groups in total. The highest BCUT2D eigenvalue weighted by atomic mass is 19.4. The molecule has 2 heterocycles. The molecule has 0 radical (unpaired) electrons. The van der Waals surface area contributed by atoms with Crippen molar-refractivity contribution in [3.63, 3.8) is 0 Å². The zero-order valence-electron chi connectivity index (χ0n) is 11.3. The fourth-order valence-corrected chi connectivity index (χ4v) is 1.87. The van der Waals surface area contributed by atoms with Crippen LogP contribution in [0.5, 0.6) is 5.88 Å². The molecular formula is C13H10F3N3O3. The molecule has 0 fully saturated rings. The Morgan fingerprint density at radius 2 is 1.91 bits per heavy atom. The number of Topliss-reactive ketones (excluding diaryl/α,β-unsaturated/α-hetero) is 1. The number of hydrogen-bond acceptors (Lipinski definition) is 4. The minimum Gasteiger partial charge on any atom is -0.859 e. The maximum absolute atomic E-state index is 12.7. The van der Waals surface area contributed by atoms with Gasteiger partial charge in [-0.2, -0.15) is 13.2 Å². The Hall–Kier alpha value is -2.71. The maximum atomic E-state index is 12.7. The molecule has 116 valence electrons. The number of rotatable bonds is 3. The number of aromatic nitrogens is 3. The quantitative estimate of drug-likeness (QED) is 0.605. The standard InChI is InChI=1S/C13H10F3N3O3/c1-2-19-11(21)8(9(20)13(14,15)16)10(17-12(19)22)18-6-4-3-5-7-18/h3-7H,2H2,1H3. The van der Waals surface area contributed by atoms with Crippen molar-refractivity contribution >= 4 is 5.78 Å². The monoisotopic (exact) mass is 313 g/mol. The summed E-state index contributed by atoms with van der Waals surface area (Å²) in [4.78, 5) is 26.8. The number of ketones is 1. The summed E-state index contributed by atoms with van der Waals surface area (Å²) >= 11 is 0. The largest absolute Gasteiger partial charge is 0.859 e. The Kier molecular flexibility index (Phi) is 3.98. The van der Waals surface area contributed by atoms with Crippen LogP contribution in [0.4, 0.5) is 13.2 Å². The summed E-state index contributed by atoms with van der Waals surface area (Å²) in [6.07, 6.45) is -2.68. The predicted molar refractivity (Wildman–Crippen MR) is 65.5 cm³/mol. The summed E-state index contributed by atoms with van der Waals surface area (Å²) in [5.74, 6) is -4.28. The van der Waals surface area contributed by atoms with Crippen LogP contribution in [0.3, 0.4) is 0 Å². The molecule has 0 atom stereocenters. The summed E-state index contributed by atoms with van der Waals surface area (Å²) in [6, 6.07) is 4.49. The molecular weight excluding hydrogens is 303 g/mol. The van der Waals surface area contributed by atoms with Crippen molar-refractivity contribution in [2.24, 2.45) is 0 Å². The number of carbonyl (C=O) groups is 1. The van der Waals surface area contributed by atoms with E-state index in [1.165, 1.54) is 31.5 Å². The molecule has 2 aromatic rings. The average molecular weight is 313 g/mol. The second-order valence-electron chi connectivity index (χ2n) is 4.25. The van der Waals surface area contributed by atoms with Gasteiger partial charge in [-0.05, 0) is 24.9 Å². The van der Waals surface area contributed by atoms with Crippen LogP contribution >= 0.6 is 0 Å². The normalized spacial score (nSPS) is 11.5. The van der Waals surface area contributed by atoms with Gasteiger partial charge in [0.2, 0.25) is 0 Å². The molecule has 0 aromatic carbocycles. The molecule has 0 spiro atoms. The van der Waals surface area contributed by atoms with Crippen LogP contribution in [0.2, 0.25) is 0 Å². The lowest BCUT2D eigenvalue weighted by molar-refractivity contribution is -0.600. The molecule has 0 amide bonds. The van der Waals surface area contributed by atoms with Gasteiger partial charge in [-0.3, -0.25) is 9.36 Å². The van der Waals surface area contributed by atoms with E-state index in [0.717, 1.165) is 4.57 Å². The summed E-state index contributed by atoms with van der Waals surface area (Å²) in [5.41, 5.74) is -2.19. The van der Waals surface area contributed by atoms with Crippen molar-refractivity contribution in [3.05, 3.63) is 46.6 Å². The smallest absolute Gasteiger partial charge is 0.456 e. The molecule has 0 aliphatic heterocycles. The van der Waals surface area contributed by atoms with Gasteiger partial charge in [0.25, 0.3) is 5.78 Å². The van der Waals surface area contributed by atoms with Crippen molar-refractivity contribution in [3.8, 4) is 11.7 Å². The van der Waals surface area contributed by atoms with Gasteiger partial charge in [-0.15, -0.1) is 0 Å².